The predicted octanol–water partition coefficient (Wildman–Crippen LogP) is 4.30. The number of hydrogen-bond donors (Lipinski definition) is 0. The summed E-state index contributed by atoms with van der Waals surface area (Å²) < 4.78 is 6.20. The highest BCUT2D eigenvalue weighted by Crippen LogP contribution is 2.24. The molecule has 0 radical (unpaired) electrons. The van der Waals surface area contributed by atoms with Crippen molar-refractivity contribution in [2.24, 2.45) is 0 Å². The number of hydrogen-bond acceptors (Lipinski definition) is 3. The van der Waals surface area contributed by atoms with Crippen molar-refractivity contribution in [2.75, 3.05) is 0 Å². The van der Waals surface area contributed by atoms with E-state index in [0.717, 1.165) is 25.0 Å². The zero-order valence-electron chi connectivity index (χ0n) is 11.9. The quantitative estimate of drug-likeness (QED) is 0.808. The number of carbonyl (C=O) groups is 1. The third-order valence-corrected chi connectivity index (χ3v) is 4.09. The van der Waals surface area contributed by atoms with Crippen molar-refractivity contribution >= 4 is 21.8 Å². The molecule has 22 heavy (non-hydrogen) atoms. The van der Waals surface area contributed by atoms with Gasteiger partial charge in [-0.25, -0.2) is 0 Å². The Bertz CT molecular complexity index is 704. The summed E-state index contributed by atoms with van der Waals surface area (Å²) in [5.41, 5.74) is 1.87. The van der Waals surface area contributed by atoms with Crippen LogP contribution < -0.4 is 0 Å². The molecular formula is C17H15BrN2O2. The van der Waals surface area contributed by atoms with Crippen molar-refractivity contribution in [3.8, 4) is 0 Å². The first kappa shape index (κ1) is 14.8. The molecule has 1 aliphatic heterocycles. The summed E-state index contributed by atoms with van der Waals surface area (Å²) >= 11 is 3.36. The van der Waals surface area contributed by atoms with Crippen LogP contribution in [0.3, 0.4) is 0 Å². The third-order valence-electron chi connectivity index (χ3n) is 3.46. The fraction of sp³-hybridized carbons (Fsp3) is 0.176. The van der Waals surface area contributed by atoms with E-state index in [0.29, 0.717) is 10.0 Å². The second-order valence-electron chi connectivity index (χ2n) is 5.03. The topological polar surface area (TPSA) is 42.4 Å². The van der Waals surface area contributed by atoms with Gasteiger partial charge in [-0.1, -0.05) is 23.8 Å². The summed E-state index contributed by atoms with van der Waals surface area (Å²) in [5.74, 6) is 0.645. The molecule has 0 N–H and O–H groups in total. The number of carbonyl (C=O) groups excluding carboxylic acids is 1. The van der Waals surface area contributed by atoms with E-state index < -0.39 is 0 Å². The molecule has 1 amide bonds. The van der Waals surface area contributed by atoms with E-state index in [9.17, 15) is 4.79 Å². The summed E-state index contributed by atoms with van der Waals surface area (Å²) in [7, 11) is 0. The molecule has 1 aliphatic carbocycles. The number of ether oxygens (including phenoxy) is 1. The Balaban J connectivity index is 1.76. The van der Waals surface area contributed by atoms with Crippen LogP contribution in [0.4, 0.5) is 0 Å². The molecule has 0 unspecified atom stereocenters. The molecule has 0 spiro atoms. The van der Waals surface area contributed by atoms with E-state index in [1.165, 1.54) is 10.5 Å². The van der Waals surface area contributed by atoms with E-state index in [2.05, 4.69) is 39.1 Å². The van der Waals surface area contributed by atoms with Gasteiger partial charge in [0.2, 0.25) is 0 Å². The van der Waals surface area contributed by atoms with E-state index in [-0.39, 0.29) is 5.91 Å². The summed E-state index contributed by atoms with van der Waals surface area (Å²) in [6.45, 7) is 0. The molecule has 2 heterocycles. The number of rotatable bonds is 3. The summed E-state index contributed by atoms with van der Waals surface area (Å²) in [6.07, 6.45) is 17.3. The molecule has 0 fully saturated rings. The molecule has 112 valence electrons. The van der Waals surface area contributed by atoms with Crippen LogP contribution in [0.25, 0.3) is 0 Å². The fourth-order valence-corrected chi connectivity index (χ4v) is 2.76. The van der Waals surface area contributed by atoms with E-state index in [1.807, 2.05) is 0 Å². The van der Waals surface area contributed by atoms with Gasteiger partial charge in [0.05, 0.1) is 11.8 Å². The predicted molar refractivity (Wildman–Crippen MR) is 87.5 cm³/mol. The molecule has 0 saturated carbocycles. The van der Waals surface area contributed by atoms with Crippen LogP contribution in [0.15, 0.2) is 71.2 Å². The lowest BCUT2D eigenvalue weighted by Crippen LogP contribution is -2.23. The average molecular weight is 359 g/mol. The molecule has 1 aromatic heterocycles. The van der Waals surface area contributed by atoms with E-state index in [1.54, 1.807) is 37.1 Å². The van der Waals surface area contributed by atoms with Gasteiger partial charge < -0.3 is 4.74 Å². The van der Waals surface area contributed by atoms with Crippen molar-refractivity contribution in [1.82, 2.24) is 9.88 Å². The highest BCUT2D eigenvalue weighted by Gasteiger charge is 2.18. The first-order chi connectivity index (χ1) is 10.7. The number of allylic oxidation sites excluding steroid dienone is 4. The first-order valence-electron chi connectivity index (χ1n) is 7.05. The third kappa shape index (κ3) is 3.36. The zero-order chi connectivity index (χ0) is 15.4. The monoisotopic (exact) mass is 358 g/mol. The van der Waals surface area contributed by atoms with Gasteiger partial charge in [-0.15, -0.1) is 0 Å². The minimum absolute atomic E-state index is 0.121. The van der Waals surface area contributed by atoms with Crippen LogP contribution in [0.5, 0.6) is 0 Å². The molecule has 0 atom stereocenters. The minimum atomic E-state index is -0.121. The number of amides is 1. The Labute approximate surface area is 137 Å². The lowest BCUT2D eigenvalue weighted by Gasteiger charge is -2.21. The second-order valence-corrected chi connectivity index (χ2v) is 5.89. The van der Waals surface area contributed by atoms with Gasteiger partial charge in [-0.3, -0.25) is 14.7 Å². The van der Waals surface area contributed by atoms with Crippen LogP contribution >= 0.6 is 15.9 Å². The maximum atomic E-state index is 12.5. The van der Waals surface area contributed by atoms with Crippen molar-refractivity contribution < 1.29 is 9.53 Å². The molecule has 0 bridgehead atoms. The highest BCUT2D eigenvalue weighted by molar-refractivity contribution is 9.10. The molecule has 2 aliphatic rings. The van der Waals surface area contributed by atoms with E-state index in [4.69, 9.17) is 4.74 Å². The largest absolute Gasteiger partial charge is 0.466 e. The fourth-order valence-electron chi connectivity index (χ4n) is 2.34. The summed E-state index contributed by atoms with van der Waals surface area (Å²) in [5, 5.41) is 0. The Morgan fingerprint density at radius 3 is 3.14 bits per heavy atom. The van der Waals surface area contributed by atoms with Crippen LogP contribution in [0, 0.1) is 0 Å². The van der Waals surface area contributed by atoms with Crippen molar-refractivity contribution in [1.29, 1.82) is 0 Å². The molecule has 1 aromatic rings. The lowest BCUT2D eigenvalue weighted by molar-refractivity contribution is 0.0853. The lowest BCUT2D eigenvalue weighted by atomic mass is 10.0. The Morgan fingerprint density at radius 1 is 1.45 bits per heavy atom. The number of nitrogens with zero attached hydrogens (tertiary/aromatic N) is 2. The van der Waals surface area contributed by atoms with E-state index >= 15 is 0 Å². The van der Waals surface area contributed by atoms with Gasteiger partial charge in [-0.2, -0.15) is 0 Å². The molecule has 5 heteroatoms. The Kier molecular flexibility index (Phi) is 4.53. The van der Waals surface area contributed by atoms with Gasteiger partial charge in [0, 0.05) is 29.5 Å². The van der Waals surface area contributed by atoms with Crippen molar-refractivity contribution in [3.05, 3.63) is 76.7 Å². The zero-order valence-corrected chi connectivity index (χ0v) is 13.5. The normalized spacial score (nSPS) is 16.9. The maximum Gasteiger partial charge on any atom is 0.263 e. The van der Waals surface area contributed by atoms with Gasteiger partial charge in [0.25, 0.3) is 5.91 Å². The van der Waals surface area contributed by atoms with Crippen LogP contribution in [-0.2, 0) is 4.74 Å². The van der Waals surface area contributed by atoms with Crippen molar-refractivity contribution in [3.63, 3.8) is 0 Å². The molecule has 3 rings (SSSR count). The summed E-state index contributed by atoms with van der Waals surface area (Å²) in [6, 6.07) is 1.69. The Hall–Kier alpha value is -2.14. The van der Waals surface area contributed by atoms with Crippen LogP contribution in [0.2, 0.25) is 0 Å². The van der Waals surface area contributed by atoms with Crippen molar-refractivity contribution in [2.45, 2.75) is 19.3 Å². The minimum Gasteiger partial charge on any atom is -0.466 e. The van der Waals surface area contributed by atoms with Gasteiger partial charge in [-0.05, 0) is 34.8 Å². The first-order valence-corrected chi connectivity index (χ1v) is 7.84. The standard InChI is InChI=1S/C17H15BrN2O2/c18-16-11-19-7-6-15(16)17(21)20-8-9-22-14(12-20)10-13-4-2-1-3-5-13/h1-2,4,6-9,11-12H,3,5,10H2. The van der Waals surface area contributed by atoms with Gasteiger partial charge >= 0.3 is 0 Å². The Morgan fingerprint density at radius 2 is 2.36 bits per heavy atom. The number of pyridine rings is 1. The maximum absolute atomic E-state index is 12.5. The van der Waals surface area contributed by atoms with Crippen LogP contribution in [0.1, 0.15) is 29.6 Å². The van der Waals surface area contributed by atoms with Crippen LogP contribution in [-0.4, -0.2) is 15.8 Å². The molecule has 0 aromatic carbocycles. The number of aromatic nitrogens is 1. The molecule has 0 saturated heterocycles. The summed E-state index contributed by atoms with van der Waals surface area (Å²) in [4.78, 5) is 18.1. The highest BCUT2D eigenvalue weighted by atomic mass is 79.9. The van der Waals surface area contributed by atoms with Gasteiger partial charge in [0.1, 0.15) is 12.0 Å². The second kappa shape index (κ2) is 6.75. The average Bonchev–Trinajstić information content (AvgIpc) is 2.56. The number of halogens is 1. The SMILES string of the molecule is O=C(c1ccncc1Br)N1C=COC(CC2=CC=CCC2)=C1. The molecule has 4 nitrogen and oxygen atoms in total. The smallest absolute Gasteiger partial charge is 0.263 e. The molecular weight excluding hydrogens is 344 g/mol. The van der Waals surface area contributed by atoms with Gasteiger partial charge in [0.15, 0.2) is 0 Å².